The van der Waals surface area contributed by atoms with Gasteiger partial charge in [0.25, 0.3) is 5.69 Å². The summed E-state index contributed by atoms with van der Waals surface area (Å²) < 4.78 is 0. The van der Waals surface area contributed by atoms with E-state index in [2.05, 4.69) is 10.2 Å². The zero-order valence-corrected chi connectivity index (χ0v) is 12.2. The summed E-state index contributed by atoms with van der Waals surface area (Å²) in [4.78, 5) is 10.3. The molecule has 0 saturated carbocycles. The molecule has 0 aliphatic rings. The van der Waals surface area contributed by atoms with Crippen LogP contribution in [0.5, 0.6) is 0 Å². The van der Waals surface area contributed by atoms with Crippen molar-refractivity contribution >= 4 is 23.4 Å². The third-order valence-corrected chi connectivity index (χ3v) is 2.88. The number of non-ortho nitro benzene ring substituents is 1. The van der Waals surface area contributed by atoms with Gasteiger partial charge in [-0.15, -0.1) is 10.2 Å². The van der Waals surface area contributed by atoms with Crippen LogP contribution in [0.4, 0.5) is 5.69 Å². The maximum Gasteiger partial charge on any atom is 0.269 e. The molecule has 116 valence electrons. The first-order valence-electron chi connectivity index (χ1n) is 6.71. The zero-order valence-electron chi connectivity index (χ0n) is 12.2. The van der Waals surface area contributed by atoms with Crippen LogP contribution in [0.15, 0.2) is 70.9 Å². The maximum absolute atomic E-state index is 10.7. The van der Waals surface area contributed by atoms with E-state index in [1.807, 2.05) is 36.4 Å². The summed E-state index contributed by atoms with van der Waals surface area (Å²) in [5.41, 5.74) is 12.7. The molecule has 0 amide bonds. The predicted molar refractivity (Wildman–Crippen MR) is 90.9 cm³/mol. The van der Waals surface area contributed by atoms with E-state index in [0.717, 1.165) is 5.56 Å². The van der Waals surface area contributed by atoms with Crippen LogP contribution in [0.25, 0.3) is 6.08 Å². The number of nitrogens with two attached hydrogens (primary N) is 2. The summed E-state index contributed by atoms with van der Waals surface area (Å²) >= 11 is 0. The highest BCUT2D eigenvalue weighted by molar-refractivity contribution is 6.11. The van der Waals surface area contributed by atoms with Crippen LogP contribution in [0.3, 0.4) is 0 Å². The molecule has 0 aliphatic carbocycles. The number of nitro benzene ring substituents is 1. The molecule has 0 atom stereocenters. The van der Waals surface area contributed by atoms with Crippen molar-refractivity contribution in [3.05, 3.63) is 81.9 Å². The van der Waals surface area contributed by atoms with Gasteiger partial charge in [0.05, 0.1) is 10.6 Å². The largest absolute Gasteiger partial charge is 0.369 e. The molecule has 2 aromatic rings. The molecule has 0 unspecified atom stereocenters. The Morgan fingerprint density at radius 3 is 2.22 bits per heavy atom. The van der Waals surface area contributed by atoms with Crippen molar-refractivity contribution in [1.82, 2.24) is 0 Å². The Morgan fingerprint density at radius 2 is 1.65 bits per heavy atom. The fourth-order valence-corrected chi connectivity index (χ4v) is 1.79. The molecule has 0 bridgehead atoms. The summed E-state index contributed by atoms with van der Waals surface area (Å²) in [5, 5.41) is 18.3. The molecule has 0 saturated heterocycles. The van der Waals surface area contributed by atoms with Crippen molar-refractivity contribution in [2.75, 3.05) is 0 Å². The SMILES string of the molecule is NC(N)=N/N=C(/C=C/c1ccccc1)c1ccc([N+](=O)[O-])cc1. The number of hydrogen-bond acceptors (Lipinski definition) is 4. The fraction of sp³-hybridized carbons (Fsp3) is 0. The van der Waals surface area contributed by atoms with Crippen molar-refractivity contribution in [1.29, 1.82) is 0 Å². The van der Waals surface area contributed by atoms with Crippen molar-refractivity contribution < 1.29 is 4.92 Å². The first kappa shape index (κ1) is 15.9. The Labute approximate surface area is 132 Å². The monoisotopic (exact) mass is 309 g/mol. The van der Waals surface area contributed by atoms with E-state index in [1.54, 1.807) is 18.2 Å². The van der Waals surface area contributed by atoms with E-state index in [-0.39, 0.29) is 11.6 Å². The van der Waals surface area contributed by atoms with E-state index in [4.69, 9.17) is 11.5 Å². The predicted octanol–water partition coefficient (Wildman–Crippen LogP) is 2.29. The second kappa shape index (κ2) is 7.51. The van der Waals surface area contributed by atoms with Gasteiger partial charge in [-0.2, -0.15) is 0 Å². The minimum Gasteiger partial charge on any atom is -0.369 e. The molecule has 2 aromatic carbocycles. The Kier molecular flexibility index (Phi) is 5.19. The second-order valence-corrected chi connectivity index (χ2v) is 4.56. The maximum atomic E-state index is 10.7. The number of benzene rings is 2. The highest BCUT2D eigenvalue weighted by atomic mass is 16.6. The van der Waals surface area contributed by atoms with Crippen molar-refractivity contribution in [2.45, 2.75) is 0 Å². The van der Waals surface area contributed by atoms with Gasteiger partial charge in [0.1, 0.15) is 0 Å². The molecule has 7 heteroatoms. The summed E-state index contributed by atoms with van der Waals surface area (Å²) in [7, 11) is 0. The number of rotatable bonds is 5. The van der Waals surface area contributed by atoms with Gasteiger partial charge in [-0.3, -0.25) is 10.1 Å². The Bertz CT molecular complexity index is 761. The molecule has 4 N–H and O–H groups in total. The van der Waals surface area contributed by atoms with Gasteiger partial charge in [0, 0.05) is 17.7 Å². The van der Waals surface area contributed by atoms with E-state index in [1.165, 1.54) is 12.1 Å². The number of guanidine groups is 1. The normalized spacial score (nSPS) is 11.4. The highest BCUT2D eigenvalue weighted by Crippen LogP contribution is 2.14. The highest BCUT2D eigenvalue weighted by Gasteiger charge is 2.06. The van der Waals surface area contributed by atoms with Crippen LogP contribution in [-0.2, 0) is 0 Å². The van der Waals surface area contributed by atoms with Gasteiger partial charge in [0.15, 0.2) is 0 Å². The summed E-state index contributed by atoms with van der Waals surface area (Å²) in [6, 6.07) is 15.6. The van der Waals surface area contributed by atoms with E-state index in [9.17, 15) is 10.1 Å². The lowest BCUT2D eigenvalue weighted by molar-refractivity contribution is -0.384. The van der Waals surface area contributed by atoms with Crippen molar-refractivity contribution in [3.63, 3.8) is 0 Å². The molecular formula is C16H15N5O2. The fourth-order valence-electron chi connectivity index (χ4n) is 1.79. The van der Waals surface area contributed by atoms with E-state index in [0.29, 0.717) is 11.3 Å². The molecular weight excluding hydrogens is 294 g/mol. The standard InChI is InChI=1S/C16H15N5O2/c17-16(18)20-19-15(11-6-12-4-2-1-3-5-12)13-7-9-14(10-8-13)21(22)23/h1-11H,(H4,17,18,20)/b11-6+,19-15-. The lowest BCUT2D eigenvalue weighted by atomic mass is 10.1. The quantitative estimate of drug-likeness (QED) is 0.381. The Hall–Kier alpha value is -3.48. The molecule has 0 radical (unpaired) electrons. The summed E-state index contributed by atoms with van der Waals surface area (Å²) in [6.45, 7) is 0. The van der Waals surface area contributed by atoms with Gasteiger partial charge in [-0.1, -0.05) is 36.4 Å². The molecule has 0 fully saturated rings. The average molecular weight is 309 g/mol. The molecule has 7 nitrogen and oxygen atoms in total. The van der Waals surface area contributed by atoms with Crippen LogP contribution < -0.4 is 11.5 Å². The smallest absolute Gasteiger partial charge is 0.269 e. The minimum absolute atomic E-state index is 0.00183. The lowest BCUT2D eigenvalue weighted by Crippen LogP contribution is -2.22. The zero-order chi connectivity index (χ0) is 16.7. The van der Waals surface area contributed by atoms with E-state index < -0.39 is 4.92 Å². The first-order chi connectivity index (χ1) is 11.1. The Balaban J connectivity index is 2.34. The van der Waals surface area contributed by atoms with Gasteiger partial charge in [-0.25, -0.2) is 0 Å². The number of nitrogens with zero attached hydrogens (tertiary/aromatic N) is 3. The third-order valence-electron chi connectivity index (χ3n) is 2.88. The number of hydrogen-bond donors (Lipinski definition) is 2. The first-order valence-corrected chi connectivity index (χ1v) is 6.71. The average Bonchev–Trinajstić information content (AvgIpc) is 2.56. The van der Waals surface area contributed by atoms with Crippen LogP contribution >= 0.6 is 0 Å². The van der Waals surface area contributed by atoms with Gasteiger partial charge >= 0.3 is 0 Å². The molecule has 0 aromatic heterocycles. The number of nitro groups is 1. The molecule has 0 aliphatic heterocycles. The summed E-state index contributed by atoms with van der Waals surface area (Å²) in [6.07, 6.45) is 3.59. The second-order valence-electron chi connectivity index (χ2n) is 4.56. The topological polar surface area (TPSA) is 120 Å². The van der Waals surface area contributed by atoms with Crippen LogP contribution in [0.2, 0.25) is 0 Å². The molecule has 0 spiro atoms. The van der Waals surface area contributed by atoms with E-state index >= 15 is 0 Å². The summed E-state index contributed by atoms with van der Waals surface area (Å²) in [5.74, 6) is -0.169. The van der Waals surface area contributed by atoms with Crippen LogP contribution in [0, 0.1) is 10.1 Å². The van der Waals surface area contributed by atoms with Crippen LogP contribution in [0.1, 0.15) is 11.1 Å². The number of allylic oxidation sites excluding steroid dienone is 1. The van der Waals surface area contributed by atoms with Gasteiger partial charge in [0.2, 0.25) is 5.96 Å². The molecule has 23 heavy (non-hydrogen) atoms. The Morgan fingerprint density at radius 1 is 1.00 bits per heavy atom. The molecule has 2 rings (SSSR count). The van der Waals surface area contributed by atoms with Crippen molar-refractivity contribution in [2.24, 2.45) is 21.7 Å². The van der Waals surface area contributed by atoms with Crippen LogP contribution in [-0.4, -0.2) is 16.6 Å². The molecule has 0 heterocycles. The minimum atomic E-state index is -0.462. The van der Waals surface area contributed by atoms with Crippen molar-refractivity contribution in [3.8, 4) is 0 Å². The lowest BCUT2D eigenvalue weighted by Gasteiger charge is -2.00. The third kappa shape index (κ3) is 4.78. The van der Waals surface area contributed by atoms with Gasteiger partial charge in [-0.05, 0) is 23.8 Å². The van der Waals surface area contributed by atoms with Gasteiger partial charge < -0.3 is 11.5 Å².